The van der Waals surface area contributed by atoms with Crippen molar-refractivity contribution in [3.05, 3.63) is 41.5 Å². The summed E-state index contributed by atoms with van der Waals surface area (Å²) in [6.07, 6.45) is -6.60. The van der Waals surface area contributed by atoms with Crippen molar-refractivity contribution in [2.24, 2.45) is 40.4 Å². The lowest BCUT2D eigenvalue weighted by molar-refractivity contribution is -0.345. The van der Waals surface area contributed by atoms with Gasteiger partial charge in [0.05, 0.1) is 50.6 Å². The van der Waals surface area contributed by atoms with Crippen molar-refractivity contribution in [3.8, 4) is 5.75 Å². The number of rotatable bonds is 12. The Kier molecular flexibility index (Phi) is 13.9. The first-order chi connectivity index (χ1) is 29.3. The number of fused-ring (bicyclic) bond motifs is 5. The summed E-state index contributed by atoms with van der Waals surface area (Å²) in [5.74, 6) is -2.41. The fourth-order valence-corrected chi connectivity index (χ4v) is 11.8. The van der Waals surface area contributed by atoms with E-state index in [0.717, 1.165) is 32.6 Å². The number of ether oxygens (including phenoxy) is 8. The van der Waals surface area contributed by atoms with Gasteiger partial charge in [-0.3, -0.25) is 9.59 Å². The van der Waals surface area contributed by atoms with Gasteiger partial charge >= 0.3 is 17.9 Å². The van der Waals surface area contributed by atoms with Crippen LogP contribution in [0.3, 0.4) is 0 Å². The van der Waals surface area contributed by atoms with Crippen LogP contribution in [0.1, 0.15) is 96.8 Å². The average molecular weight is 875 g/mol. The minimum Gasteiger partial charge on any atom is -0.497 e. The largest absolute Gasteiger partial charge is 0.497 e. The van der Waals surface area contributed by atoms with Crippen molar-refractivity contribution in [2.75, 3.05) is 26.9 Å². The molecule has 16 heteroatoms. The normalized spacial score (nSPS) is 42.1. The number of aliphatic hydroxyl groups is 5. The molecule has 2 heterocycles. The van der Waals surface area contributed by atoms with Gasteiger partial charge in [0.25, 0.3) is 0 Å². The number of methoxy groups -OCH3 is 1. The van der Waals surface area contributed by atoms with Crippen molar-refractivity contribution in [1.29, 1.82) is 0 Å². The fraction of sp³-hybridized carbons (Fsp3) is 0.761. The van der Waals surface area contributed by atoms with Crippen LogP contribution in [0.5, 0.6) is 5.75 Å². The Morgan fingerprint density at radius 3 is 2.19 bits per heavy atom. The van der Waals surface area contributed by atoms with Gasteiger partial charge in [-0.1, -0.05) is 39.3 Å². The summed E-state index contributed by atoms with van der Waals surface area (Å²) in [7, 11) is 1.48. The van der Waals surface area contributed by atoms with E-state index in [1.54, 1.807) is 19.1 Å². The maximum absolute atomic E-state index is 13.9. The number of allylic oxidation sites excluding steroid dienone is 1. The number of benzene rings is 1. The molecule has 1 aromatic carbocycles. The molecule has 0 unspecified atom stereocenters. The molecule has 0 bridgehead atoms. The predicted molar refractivity (Wildman–Crippen MR) is 218 cm³/mol. The zero-order chi connectivity index (χ0) is 44.9. The lowest BCUT2D eigenvalue weighted by Gasteiger charge is -2.59. The van der Waals surface area contributed by atoms with Crippen LogP contribution in [-0.4, -0.2) is 137 Å². The molecule has 1 aromatic rings. The lowest BCUT2D eigenvalue weighted by atomic mass is 9.46. The van der Waals surface area contributed by atoms with Crippen LogP contribution in [0.4, 0.5) is 0 Å². The van der Waals surface area contributed by atoms with Crippen molar-refractivity contribution < 1.29 is 77.8 Å². The van der Waals surface area contributed by atoms with E-state index in [1.165, 1.54) is 24.8 Å². The van der Waals surface area contributed by atoms with Gasteiger partial charge in [-0.2, -0.15) is 0 Å². The van der Waals surface area contributed by atoms with Crippen LogP contribution in [0.15, 0.2) is 35.9 Å². The van der Waals surface area contributed by atoms with E-state index in [9.17, 15) is 39.9 Å². The molecule has 2 aliphatic heterocycles. The summed E-state index contributed by atoms with van der Waals surface area (Å²) in [6, 6.07) is 6.02. The Hall–Kier alpha value is -3.19. The van der Waals surface area contributed by atoms with E-state index >= 15 is 0 Å². The summed E-state index contributed by atoms with van der Waals surface area (Å²) < 4.78 is 47.3. The Morgan fingerprint density at radius 1 is 0.855 bits per heavy atom. The molecule has 4 aliphatic carbocycles. The number of hydrogen-bond donors (Lipinski definition) is 5. The molecular formula is C46H66O16. The Bertz CT molecular complexity index is 1800. The molecule has 7 rings (SSSR count). The Labute approximate surface area is 363 Å². The second kappa shape index (κ2) is 18.4. The first-order valence-electron chi connectivity index (χ1n) is 22.2. The standard InChI is InChI=1S/C46H66O16/c1-23(2)20-56-40(52)24(3)46(54)35(19-32-30-13-10-27-18-28(48)14-16-44(27,5)31(30)15-17-45(32,46)6)60-43-39(59-25(4)47)37(34(50)22-58-43)62-42-38(36(51)33(49)21-57-42)61-41(53)26-8-11-29(55-7)12-9-26/h8-12,23-24,28,30-39,42-43,48-51,54H,13-22H2,1-7H3/t24-,28+,30-,31+,32+,33-,34-,35+,36+,37-,38-,39+,42+,43-,44+,45+,46-/m1/s1. The lowest BCUT2D eigenvalue weighted by Crippen LogP contribution is -2.64. The quantitative estimate of drug-likeness (QED) is 0.115. The number of carbonyl (C=O) groups is 3. The highest BCUT2D eigenvalue weighted by atomic mass is 16.8. The summed E-state index contributed by atoms with van der Waals surface area (Å²) >= 11 is 0. The smallest absolute Gasteiger partial charge is 0.338 e. The number of aliphatic hydroxyl groups excluding tert-OH is 4. The molecule has 62 heavy (non-hydrogen) atoms. The fourth-order valence-electron chi connectivity index (χ4n) is 11.8. The van der Waals surface area contributed by atoms with Crippen LogP contribution in [0, 0.1) is 40.4 Å². The molecule has 0 spiro atoms. The van der Waals surface area contributed by atoms with E-state index in [0.29, 0.717) is 25.0 Å². The van der Waals surface area contributed by atoms with Crippen LogP contribution in [0.25, 0.3) is 0 Å². The Morgan fingerprint density at radius 2 is 1.53 bits per heavy atom. The highest BCUT2D eigenvalue weighted by molar-refractivity contribution is 5.89. The summed E-state index contributed by atoms with van der Waals surface area (Å²) in [6.45, 7) is 10.4. The van der Waals surface area contributed by atoms with Gasteiger partial charge in [-0.15, -0.1) is 0 Å². The van der Waals surface area contributed by atoms with E-state index in [2.05, 4.69) is 13.0 Å². The van der Waals surface area contributed by atoms with Crippen molar-refractivity contribution >= 4 is 17.9 Å². The highest BCUT2D eigenvalue weighted by Crippen LogP contribution is 2.69. The summed E-state index contributed by atoms with van der Waals surface area (Å²) in [5, 5.41) is 56.9. The molecule has 6 aliphatic rings. The van der Waals surface area contributed by atoms with Crippen LogP contribution >= 0.6 is 0 Å². The molecular weight excluding hydrogens is 808 g/mol. The molecule has 5 N–H and O–H groups in total. The van der Waals surface area contributed by atoms with Crippen LogP contribution < -0.4 is 4.74 Å². The SMILES string of the molecule is COc1ccc(C(=O)O[C@H]2[C@H](O[C@H]3[C@H](OC(C)=O)[C@@H](O[C@H]4C[C@H]5[C@@H]6CC=C7C[C@@H](O)CC[C@]7(C)[C@H]6CC[C@]5(C)[C@@]4(O)[C@H](C)C(=O)OCC(C)C)OC[C@H]3O)OC[C@@H](O)[C@@H]2O)cc1. The molecule has 5 fully saturated rings. The van der Waals surface area contributed by atoms with E-state index in [1.807, 2.05) is 20.8 Å². The van der Waals surface area contributed by atoms with Crippen LogP contribution in [-0.2, 0) is 42.7 Å². The highest BCUT2D eigenvalue weighted by Gasteiger charge is 2.71. The summed E-state index contributed by atoms with van der Waals surface area (Å²) in [4.78, 5) is 40.0. The van der Waals surface area contributed by atoms with Crippen molar-refractivity contribution in [2.45, 2.75) is 154 Å². The van der Waals surface area contributed by atoms with Crippen molar-refractivity contribution in [1.82, 2.24) is 0 Å². The van der Waals surface area contributed by atoms with E-state index in [-0.39, 0.29) is 54.0 Å². The minimum atomic E-state index is -1.80. The molecule has 3 saturated carbocycles. The topological polar surface area (TPSA) is 226 Å². The third-order valence-electron chi connectivity index (χ3n) is 15.2. The second-order valence-electron chi connectivity index (χ2n) is 19.3. The minimum absolute atomic E-state index is 0.0553. The molecule has 0 aromatic heterocycles. The number of esters is 3. The van der Waals surface area contributed by atoms with E-state index < -0.39 is 96.8 Å². The number of carbonyl (C=O) groups excluding carboxylic acids is 3. The van der Waals surface area contributed by atoms with Gasteiger partial charge in [0, 0.05) is 12.3 Å². The molecule has 346 valence electrons. The van der Waals surface area contributed by atoms with Gasteiger partial charge in [0.2, 0.25) is 0 Å². The van der Waals surface area contributed by atoms with Gasteiger partial charge < -0.3 is 63.4 Å². The van der Waals surface area contributed by atoms with E-state index in [4.69, 9.17) is 37.9 Å². The maximum Gasteiger partial charge on any atom is 0.338 e. The predicted octanol–water partition coefficient (Wildman–Crippen LogP) is 3.22. The molecule has 0 amide bonds. The van der Waals surface area contributed by atoms with Gasteiger partial charge in [-0.25, -0.2) is 4.79 Å². The first kappa shape index (κ1) is 46.8. The molecule has 0 radical (unpaired) electrons. The second-order valence-corrected chi connectivity index (χ2v) is 19.3. The number of hydrogen-bond acceptors (Lipinski definition) is 16. The monoisotopic (exact) mass is 874 g/mol. The van der Waals surface area contributed by atoms with Gasteiger partial charge in [-0.05, 0) is 105 Å². The zero-order valence-corrected chi connectivity index (χ0v) is 36.8. The molecule has 2 saturated heterocycles. The zero-order valence-electron chi connectivity index (χ0n) is 36.8. The molecule has 16 nitrogen and oxygen atoms in total. The third-order valence-corrected chi connectivity index (χ3v) is 15.2. The van der Waals surface area contributed by atoms with Crippen LogP contribution in [0.2, 0.25) is 0 Å². The average Bonchev–Trinajstić information content (AvgIpc) is 3.47. The maximum atomic E-state index is 13.9. The summed E-state index contributed by atoms with van der Waals surface area (Å²) in [5.41, 5.74) is -1.34. The van der Waals surface area contributed by atoms with Crippen molar-refractivity contribution in [3.63, 3.8) is 0 Å². The third kappa shape index (κ3) is 8.56. The van der Waals surface area contributed by atoms with Gasteiger partial charge in [0.15, 0.2) is 24.8 Å². The Balaban J connectivity index is 1.18. The van der Waals surface area contributed by atoms with Gasteiger partial charge in [0.1, 0.15) is 35.8 Å². The molecule has 17 atom stereocenters. The first-order valence-corrected chi connectivity index (χ1v) is 22.2.